The van der Waals surface area contributed by atoms with Gasteiger partial charge in [-0.05, 0) is 11.6 Å². The Labute approximate surface area is 81.9 Å². The molecule has 70 valence electrons. The monoisotopic (exact) mass is 186 g/mol. The molecule has 0 saturated carbocycles. The van der Waals surface area contributed by atoms with Gasteiger partial charge in [0, 0.05) is 43.1 Å². The fourth-order valence-corrected chi connectivity index (χ4v) is 1.20. The van der Waals surface area contributed by atoms with Crippen LogP contribution in [0.15, 0.2) is 37.1 Å². The Kier molecular flexibility index (Phi) is 2.36. The molecule has 0 fully saturated rings. The maximum atomic E-state index is 5.78. The highest BCUT2D eigenvalue weighted by atomic mass is 14.8. The van der Waals surface area contributed by atoms with Gasteiger partial charge in [0.1, 0.15) is 0 Å². The van der Waals surface area contributed by atoms with E-state index in [1.54, 1.807) is 37.1 Å². The maximum absolute atomic E-state index is 5.78. The molecule has 0 amide bonds. The van der Waals surface area contributed by atoms with E-state index in [-0.39, 0.29) is 0 Å². The Hall–Kier alpha value is -1.97. The Morgan fingerprint density at radius 1 is 1.07 bits per heavy atom. The summed E-state index contributed by atoms with van der Waals surface area (Å²) in [5.41, 5.74) is 8.40. The summed E-state index contributed by atoms with van der Waals surface area (Å²) in [6, 6.07) is 1.78. The van der Waals surface area contributed by atoms with Crippen LogP contribution in [0, 0.1) is 0 Å². The van der Waals surface area contributed by atoms with Crippen LogP contribution in [0.25, 0.3) is 0 Å². The predicted octanol–water partition coefficient (Wildman–Crippen LogP) is 1.04. The predicted molar refractivity (Wildman–Crippen MR) is 53.5 cm³/mol. The van der Waals surface area contributed by atoms with Crippen molar-refractivity contribution in [3.63, 3.8) is 0 Å². The summed E-state index contributed by atoms with van der Waals surface area (Å²) in [5.74, 6) is 0. The second-order valence-electron chi connectivity index (χ2n) is 2.95. The van der Waals surface area contributed by atoms with E-state index in [4.69, 9.17) is 5.73 Å². The van der Waals surface area contributed by atoms with Crippen molar-refractivity contribution in [3.05, 3.63) is 48.3 Å². The van der Waals surface area contributed by atoms with Crippen LogP contribution in [-0.4, -0.2) is 15.0 Å². The van der Waals surface area contributed by atoms with E-state index in [1.165, 1.54) is 0 Å². The largest absolute Gasteiger partial charge is 0.398 e. The average Bonchev–Trinajstić information content (AvgIpc) is 2.23. The van der Waals surface area contributed by atoms with Gasteiger partial charge in [0.15, 0.2) is 0 Å². The zero-order valence-corrected chi connectivity index (χ0v) is 7.59. The summed E-state index contributed by atoms with van der Waals surface area (Å²) in [6.07, 6.45) is 9.15. The van der Waals surface area contributed by atoms with Crippen LogP contribution >= 0.6 is 0 Å². The lowest BCUT2D eigenvalue weighted by Gasteiger charge is -2.02. The highest BCUT2D eigenvalue weighted by molar-refractivity contribution is 5.45. The molecule has 4 nitrogen and oxygen atoms in total. The number of nitrogens with two attached hydrogens (primary N) is 1. The zero-order valence-electron chi connectivity index (χ0n) is 7.59. The van der Waals surface area contributed by atoms with Crippen molar-refractivity contribution in [1.82, 2.24) is 15.0 Å². The third kappa shape index (κ3) is 1.85. The number of nitrogen functional groups attached to an aromatic ring is 1. The van der Waals surface area contributed by atoms with Gasteiger partial charge in [-0.15, -0.1) is 0 Å². The lowest BCUT2D eigenvalue weighted by atomic mass is 10.1. The van der Waals surface area contributed by atoms with Crippen LogP contribution in [0.1, 0.15) is 11.3 Å². The third-order valence-corrected chi connectivity index (χ3v) is 1.93. The molecule has 0 saturated heterocycles. The van der Waals surface area contributed by atoms with E-state index in [9.17, 15) is 0 Å². The highest BCUT2D eigenvalue weighted by Crippen LogP contribution is 2.12. The minimum Gasteiger partial charge on any atom is -0.398 e. The standard InChI is InChI=1S/C10H10N4/c11-10-1-2-12-6-8(10)5-9-7-13-3-4-14-9/h1-4,6-7H,5H2,(H2,11,12). The van der Waals surface area contributed by atoms with E-state index in [1.807, 2.05) is 0 Å². The van der Waals surface area contributed by atoms with Gasteiger partial charge in [-0.2, -0.15) is 0 Å². The molecular formula is C10H10N4. The van der Waals surface area contributed by atoms with Gasteiger partial charge < -0.3 is 5.73 Å². The molecule has 0 aliphatic carbocycles. The second kappa shape index (κ2) is 3.83. The molecule has 2 N–H and O–H groups in total. The Morgan fingerprint density at radius 2 is 1.93 bits per heavy atom. The molecule has 2 rings (SSSR count). The van der Waals surface area contributed by atoms with E-state index < -0.39 is 0 Å². The molecule has 0 atom stereocenters. The summed E-state index contributed by atoms with van der Waals surface area (Å²) in [5, 5.41) is 0. The van der Waals surface area contributed by atoms with Crippen LogP contribution in [0.3, 0.4) is 0 Å². The smallest absolute Gasteiger partial charge is 0.0631 e. The lowest BCUT2D eigenvalue weighted by molar-refractivity contribution is 1.02. The molecular weight excluding hydrogens is 176 g/mol. The van der Waals surface area contributed by atoms with Crippen molar-refractivity contribution in [1.29, 1.82) is 0 Å². The summed E-state index contributed by atoms with van der Waals surface area (Å²) in [7, 11) is 0. The molecule has 2 heterocycles. The van der Waals surface area contributed by atoms with Crippen LogP contribution in [0.2, 0.25) is 0 Å². The van der Waals surface area contributed by atoms with E-state index in [0.29, 0.717) is 6.42 Å². The number of nitrogens with zero attached hydrogens (tertiary/aromatic N) is 3. The number of hydrogen-bond donors (Lipinski definition) is 1. The number of hydrogen-bond acceptors (Lipinski definition) is 4. The van der Waals surface area contributed by atoms with Crippen LogP contribution in [0.4, 0.5) is 5.69 Å². The first-order chi connectivity index (χ1) is 6.86. The number of rotatable bonds is 2. The summed E-state index contributed by atoms with van der Waals surface area (Å²) < 4.78 is 0. The van der Waals surface area contributed by atoms with Crippen LogP contribution in [-0.2, 0) is 6.42 Å². The molecule has 0 bridgehead atoms. The first-order valence-electron chi connectivity index (χ1n) is 4.29. The molecule has 0 aliphatic heterocycles. The molecule has 0 spiro atoms. The van der Waals surface area contributed by atoms with Crippen molar-refractivity contribution in [2.45, 2.75) is 6.42 Å². The zero-order chi connectivity index (χ0) is 9.80. The maximum Gasteiger partial charge on any atom is 0.0631 e. The van der Waals surface area contributed by atoms with Crippen molar-refractivity contribution in [3.8, 4) is 0 Å². The van der Waals surface area contributed by atoms with Gasteiger partial charge >= 0.3 is 0 Å². The van der Waals surface area contributed by atoms with Crippen molar-refractivity contribution in [2.24, 2.45) is 0 Å². The average molecular weight is 186 g/mol. The van der Waals surface area contributed by atoms with Crippen molar-refractivity contribution in [2.75, 3.05) is 5.73 Å². The topological polar surface area (TPSA) is 64.7 Å². The molecule has 4 heteroatoms. The normalized spacial score (nSPS) is 10.0. The Bertz CT molecular complexity index is 413. The molecule has 0 unspecified atom stereocenters. The third-order valence-electron chi connectivity index (χ3n) is 1.93. The fourth-order valence-electron chi connectivity index (χ4n) is 1.20. The Balaban J connectivity index is 2.24. The van der Waals surface area contributed by atoms with Gasteiger partial charge in [0.2, 0.25) is 0 Å². The summed E-state index contributed by atoms with van der Waals surface area (Å²) >= 11 is 0. The number of anilines is 1. The van der Waals surface area contributed by atoms with Gasteiger partial charge in [-0.1, -0.05) is 0 Å². The first-order valence-corrected chi connectivity index (χ1v) is 4.29. The van der Waals surface area contributed by atoms with Gasteiger partial charge in [0.25, 0.3) is 0 Å². The summed E-state index contributed by atoms with van der Waals surface area (Å²) in [6.45, 7) is 0. The molecule has 0 radical (unpaired) electrons. The quantitative estimate of drug-likeness (QED) is 0.761. The number of pyridine rings is 1. The molecule has 2 aromatic rings. The lowest BCUT2D eigenvalue weighted by Crippen LogP contribution is -1.98. The molecule has 2 aromatic heterocycles. The van der Waals surface area contributed by atoms with Gasteiger partial charge in [0.05, 0.1) is 5.69 Å². The highest BCUT2D eigenvalue weighted by Gasteiger charge is 2.00. The molecule has 0 aromatic carbocycles. The molecule has 14 heavy (non-hydrogen) atoms. The number of aromatic nitrogens is 3. The minimum atomic E-state index is 0.674. The van der Waals surface area contributed by atoms with Gasteiger partial charge in [-0.3, -0.25) is 15.0 Å². The first kappa shape index (κ1) is 8.62. The van der Waals surface area contributed by atoms with E-state index in [0.717, 1.165) is 16.9 Å². The van der Waals surface area contributed by atoms with Crippen molar-refractivity contribution >= 4 is 5.69 Å². The van der Waals surface area contributed by atoms with Crippen LogP contribution < -0.4 is 5.73 Å². The second-order valence-corrected chi connectivity index (χ2v) is 2.95. The SMILES string of the molecule is Nc1ccncc1Cc1cnccn1. The fraction of sp³-hybridized carbons (Fsp3) is 0.100. The summed E-state index contributed by atoms with van der Waals surface area (Å²) in [4.78, 5) is 12.2. The van der Waals surface area contributed by atoms with Crippen molar-refractivity contribution < 1.29 is 0 Å². The van der Waals surface area contributed by atoms with Crippen LogP contribution in [0.5, 0.6) is 0 Å². The van der Waals surface area contributed by atoms with E-state index in [2.05, 4.69) is 15.0 Å². The minimum absolute atomic E-state index is 0.674. The Morgan fingerprint density at radius 3 is 2.64 bits per heavy atom. The van der Waals surface area contributed by atoms with E-state index >= 15 is 0 Å². The molecule has 0 aliphatic rings. The van der Waals surface area contributed by atoms with Gasteiger partial charge in [-0.25, -0.2) is 0 Å².